The number of rotatable bonds is 2. The standard InChI is InChI=1S/C25H36O4/c1-6-25(29-17(3)27)14-11-22-20-8-7-18-15-19(28-16(2)26)9-12-23(18,4)21(20)10-13-24(22,25)5/h1,18-22H,7-15H2,2-5H3/t18-,19+,20+,21+,22+,23-,24-,25-/m0/s1. The van der Waals surface area contributed by atoms with E-state index in [9.17, 15) is 9.59 Å². The van der Waals surface area contributed by atoms with Crippen molar-refractivity contribution in [3.8, 4) is 12.3 Å². The van der Waals surface area contributed by atoms with Gasteiger partial charge in [-0.05, 0) is 86.9 Å². The van der Waals surface area contributed by atoms with Crippen LogP contribution in [0.5, 0.6) is 0 Å². The summed E-state index contributed by atoms with van der Waals surface area (Å²) in [5.74, 6) is 5.06. The summed E-state index contributed by atoms with van der Waals surface area (Å²) in [6, 6.07) is 0. The maximum atomic E-state index is 11.9. The van der Waals surface area contributed by atoms with E-state index >= 15 is 0 Å². The van der Waals surface area contributed by atoms with Gasteiger partial charge in [0.1, 0.15) is 6.10 Å². The molecule has 0 radical (unpaired) electrons. The summed E-state index contributed by atoms with van der Waals surface area (Å²) in [6.45, 7) is 7.79. The van der Waals surface area contributed by atoms with Crippen LogP contribution in [0.1, 0.15) is 85.5 Å². The first-order valence-corrected chi connectivity index (χ1v) is 11.5. The molecule has 0 aromatic rings. The number of hydrogen-bond donors (Lipinski definition) is 0. The van der Waals surface area contributed by atoms with Gasteiger partial charge in [0.05, 0.1) is 0 Å². The highest BCUT2D eigenvalue weighted by molar-refractivity contribution is 5.67. The fourth-order valence-electron chi connectivity index (χ4n) is 8.24. The van der Waals surface area contributed by atoms with Crippen LogP contribution in [0.2, 0.25) is 0 Å². The van der Waals surface area contributed by atoms with Crippen LogP contribution in [-0.2, 0) is 19.1 Å². The van der Waals surface area contributed by atoms with Crippen LogP contribution in [0.4, 0.5) is 0 Å². The molecule has 4 aliphatic carbocycles. The van der Waals surface area contributed by atoms with Crippen molar-refractivity contribution >= 4 is 11.9 Å². The highest BCUT2D eigenvalue weighted by Crippen LogP contribution is 2.68. The van der Waals surface area contributed by atoms with Crippen molar-refractivity contribution in [3.05, 3.63) is 0 Å². The Morgan fingerprint density at radius 3 is 2.31 bits per heavy atom. The van der Waals surface area contributed by atoms with Crippen LogP contribution in [-0.4, -0.2) is 23.6 Å². The fraction of sp³-hybridized carbons (Fsp3) is 0.840. The molecule has 4 aliphatic rings. The lowest BCUT2D eigenvalue weighted by Gasteiger charge is -2.61. The molecule has 29 heavy (non-hydrogen) atoms. The van der Waals surface area contributed by atoms with Crippen molar-refractivity contribution in [2.24, 2.45) is 34.5 Å². The molecule has 0 aromatic carbocycles. The van der Waals surface area contributed by atoms with Gasteiger partial charge in [0, 0.05) is 19.3 Å². The first-order chi connectivity index (χ1) is 13.6. The fourth-order valence-corrected chi connectivity index (χ4v) is 8.24. The first-order valence-electron chi connectivity index (χ1n) is 11.5. The van der Waals surface area contributed by atoms with Gasteiger partial charge >= 0.3 is 11.9 Å². The number of carbonyl (C=O) groups excluding carboxylic acids is 2. The molecule has 0 amide bonds. The zero-order chi connectivity index (χ0) is 21.0. The van der Waals surface area contributed by atoms with Crippen LogP contribution in [0.3, 0.4) is 0 Å². The maximum absolute atomic E-state index is 11.9. The molecule has 4 rings (SSSR count). The van der Waals surface area contributed by atoms with Gasteiger partial charge in [-0.1, -0.05) is 19.8 Å². The molecule has 4 heteroatoms. The summed E-state index contributed by atoms with van der Waals surface area (Å²) in [5, 5.41) is 0. The first kappa shape index (κ1) is 20.8. The van der Waals surface area contributed by atoms with Crippen molar-refractivity contribution in [3.63, 3.8) is 0 Å². The van der Waals surface area contributed by atoms with Gasteiger partial charge in [-0.3, -0.25) is 9.59 Å². The molecule has 0 aromatic heterocycles. The largest absolute Gasteiger partial charge is 0.463 e. The quantitative estimate of drug-likeness (QED) is 0.489. The van der Waals surface area contributed by atoms with E-state index in [0.29, 0.717) is 29.1 Å². The number of carbonyl (C=O) groups is 2. The van der Waals surface area contributed by atoms with E-state index in [1.165, 1.54) is 26.7 Å². The second-order valence-electron chi connectivity index (χ2n) is 10.7. The number of ether oxygens (including phenoxy) is 2. The summed E-state index contributed by atoms with van der Waals surface area (Å²) in [7, 11) is 0. The van der Waals surface area contributed by atoms with Gasteiger partial charge in [-0.15, -0.1) is 6.42 Å². The molecule has 0 bridgehead atoms. The monoisotopic (exact) mass is 400 g/mol. The number of hydrogen-bond acceptors (Lipinski definition) is 4. The van der Waals surface area contributed by atoms with Crippen molar-refractivity contribution in [2.75, 3.05) is 0 Å². The van der Waals surface area contributed by atoms with Crippen LogP contribution < -0.4 is 0 Å². The second kappa shape index (κ2) is 7.03. The lowest BCUT2D eigenvalue weighted by atomic mass is 9.44. The van der Waals surface area contributed by atoms with Crippen LogP contribution >= 0.6 is 0 Å². The zero-order valence-corrected chi connectivity index (χ0v) is 18.5. The third-order valence-electron chi connectivity index (χ3n) is 9.62. The predicted molar refractivity (Wildman–Crippen MR) is 111 cm³/mol. The molecule has 0 heterocycles. The molecule has 0 saturated heterocycles. The maximum Gasteiger partial charge on any atom is 0.304 e. The Morgan fingerprint density at radius 1 is 0.931 bits per heavy atom. The van der Waals surface area contributed by atoms with Crippen molar-refractivity contribution in [1.29, 1.82) is 0 Å². The Labute approximate surface area is 175 Å². The molecule has 160 valence electrons. The van der Waals surface area contributed by atoms with Gasteiger partial charge in [0.15, 0.2) is 5.60 Å². The molecule has 8 atom stereocenters. The number of esters is 2. The number of terminal acetylenes is 1. The van der Waals surface area contributed by atoms with Gasteiger partial charge in [0.2, 0.25) is 0 Å². The molecule has 0 unspecified atom stereocenters. The van der Waals surface area contributed by atoms with E-state index in [1.54, 1.807) is 0 Å². The summed E-state index contributed by atoms with van der Waals surface area (Å²) in [6.07, 6.45) is 15.7. The molecule has 0 aliphatic heterocycles. The highest BCUT2D eigenvalue weighted by Gasteiger charge is 2.66. The highest BCUT2D eigenvalue weighted by atomic mass is 16.6. The Hall–Kier alpha value is -1.50. The smallest absolute Gasteiger partial charge is 0.304 e. The molecular formula is C25H36O4. The van der Waals surface area contributed by atoms with Gasteiger partial charge < -0.3 is 9.47 Å². The molecular weight excluding hydrogens is 364 g/mol. The minimum atomic E-state index is -0.737. The lowest BCUT2D eigenvalue weighted by molar-refractivity contribution is -0.178. The van der Waals surface area contributed by atoms with Crippen LogP contribution in [0.15, 0.2) is 0 Å². The molecule has 4 saturated carbocycles. The van der Waals surface area contributed by atoms with Crippen LogP contribution in [0, 0.1) is 46.8 Å². The normalized spacial score (nSPS) is 48.4. The third-order valence-corrected chi connectivity index (χ3v) is 9.62. The summed E-state index contributed by atoms with van der Waals surface area (Å²) in [5.41, 5.74) is -0.532. The Kier molecular flexibility index (Phi) is 5.03. The molecule has 0 N–H and O–H groups in total. The van der Waals surface area contributed by atoms with Crippen LogP contribution in [0.25, 0.3) is 0 Å². The minimum absolute atomic E-state index is 0.0977. The van der Waals surface area contributed by atoms with Gasteiger partial charge in [-0.25, -0.2) is 0 Å². The third kappa shape index (κ3) is 3.03. The van der Waals surface area contributed by atoms with Crippen molar-refractivity contribution in [1.82, 2.24) is 0 Å². The SMILES string of the molecule is C#C[C@]1(OC(C)=O)CC[C@@H]2[C@@H]3CC[C@H]4C[C@H](OC(C)=O)CC[C@]4(C)[C@@H]3CC[C@@]21C. The van der Waals surface area contributed by atoms with Gasteiger partial charge in [0.25, 0.3) is 0 Å². The summed E-state index contributed by atoms with van der Waals surface area (Å²) in [4.78, 5) is 23.3. The Morgan fingerprint density at radius 2 is 1.66 bits per heavy atom. The van der Waals surface area contributed by atoms with E-state index in [0.717, 1.165) is 44.9 Å². The number of fused-ring (bicyclic) bond motifs is 5. The average Bonchev–Trinajstić information content (AvgIpc) is 2.94. The molecule has 0 spiro atoms. The molecule has 4 nitrogen and oxygen atoms in total. The van der Waals surface area contributed by atoms with Gasteiger partial charge in [-0.2, -0.15) is 0 Å². The summed E-state index contributed by atoms with van der Waals surface area (Å²) < 4.78 is 11.4. The van der Waals surface area contributed by atoms with E-state index in [1.807, 2.05) is 0 Å². The second-order valence-corrected chi connectivity index (χ2v) is 10.7. The van der Waals surface area contributed by atoms with Crippen molar-refractivity contribution in [2.45, 2.75) is 97.2 Å². The van der Waals surface area contributed by atoms with Crippen molar-refractivity contribution < 1.29 is 19.1 Å². The Balaban J connectivity index is 1.57. The van der Waals surface area contributed by atoms with E-state index in [2.05, 4.69) is 19.8 Å². The topological polar surface area (TPSA) is 52.6 Å². The Bertz CT molecular complexity index is 738. The summed E-state index contributed by atoms with van der Waals surface area (Å²) >= 11 is 0. The average molecular weight is 401 g/mol. The van der Waals surface area contributed by atoms with E-state index in [4.69, 9.17) is 15.9 Å². The van der Waals surface area contributed by atoms with E-state index < -0.39 is 5.60 Å². The lowest BCUT2D eigenvalue weighted by Crippen LogP contribution is -2.57. The predicted octanol–water partition coefficient (Wildman–Crippen LogP) is 4.90. The van der Waals surface area contributed by atoms with E-state index in [-0.39, 0.29) is 23.5 Å². The molecule has 4 fully saturated rings. The minimum Gasteiger partial charge on any atom is -0.463 e. The zero-order valence-electron chi connectivity index (χ0n) is 18.5.